The van der Waals surface area contributed by atoms with Crippen LogP contribution in [0.15, 0.2) is 24.8 Å². The normalized spacial score (nSPS) is 38.6. The van der Waals surface area contributed by atoms with Crippen LogP contribution in [0.5, 0.6) is 0 Å². The maximum atomic E-state index is 12.8. The molecule has 2 fully saturated rings. The largest absolute Gasteiger partial charge is 0.481 e. The molecule has 6 heteroatoms. The molecule has 3 aliphatic heterocycles. The zero-order valence-electron chi connectivity index (χ0n) is 12.6. The maximum Gasteiger partial charge on any atom is 0.310 e. The first-order chi connectivity index (χ1) is 10.6. The second-order valence-electron chi connectivity index (χ2n) is 6.05. The Balaban J connectivity index is 1.92. The number of rotatable bonds is 7. The van der Waals surface area contributed by atoms with Crippen LogP contribution in [0.2, 0.25) is 0 Å². The van der Waals surface area contributed by atoms with Gasteiger partial charge in [-0.15, -0.1) is 6.58 Å². The van der Waals surface area contributed by atoms with E-state index in [9.17, 15) is 14.7 Å². The van der Waals surface area contributed by atoms with Crippen molar-refractivity contribution in [3.8, 4) is 0 Å². The van der Waals surface area contributed by atoms with Gasteiger partial charge in [0.1, 0.15) is 11.5 Å². The lowest BCUT2D eigenvalue weighted by atomic mass is 9.74. The number of nitrogens with zero attached hydrogens (tertiary/aromatic N) is 1. The first-order valence-electron chi connectivity index (χ1n) is 7.57. The molecule has 120 valence electrons. The molecular formula is C16H21NO5. The number of ether oxygens (including phenoxy) is 2. The molecule has 1 spiro atoms. The fraction of sp³-hybridized carbons (Fsp3) is 0.625. The number of methoxy groups -OCH3 is 1. The van der Waals surface area contributed by atoms with Gasteiger partial charge in [0.15, 0.2) is 0 Å². The van der Waals surface area contributed by atoms with Gasteiger partial charge in [0, 0.05) is 20.3 Å². The number of aliphatic carboxylic acids is 1. The van der Waals surface area contributed by atoms with Crippen molar-refractivity contribution in [2.75, 3.05) is 20.3 Å². The first-order valence-corrected chi connectivity index (χ1v) is 7.57. The summed E-state index contributed by atoms with van der Waals surface area (Å²) in [5, 5.41) is 9.49. The van der Waals surface area contributed by atoms with Crippen LogP contribution in [0.4, 0.5) is 0 Å². The highest BCUT2D eigenvalue weighted by atomic mass is 16.5. The standard InChI is InChI=1S/C16H21NO5/c1-3-5-11-16-7-6-10(22-16)12(15(19)20)13(16)14(18)17(11)8-4-9-21-2/h3,6-7,10-13H,1,4-5,8-9H2,2H3,(H,19,20). The molecule has 6 nitrogen and oxygen atoms in total. The second-order valence-corrected chi connectivity index (χ2v) is 6.05. The summed E-state index contributed by atoms with van der Waals surface area (Å²) in [7, 11) is 1.62. The third-order valence-electron chi connectivity index (χ3n) is 4.95. The summed E-state index contributed by atoms with van der Waals surface area (Å²) in [5.41, 5.74) is -0.813. The number of carboxylic acids is 1. The quantitative estimate of drug-likeness (QED) is 0.557. The van der Waals surface area contributed by atoms with Gasteiger partial charge in [-0.3, -0.25) is 9.59 Å². The fourth-order valence-corrected chi connectivity index (χ4v) is 4.12. The van der Waals surface area contributed by atoms with Crippen molar-refractivity contribution in [2.24, 2.45) is 11.8 Å². The Kier molecular flexibility index (Phi) is 3.82. The number of carbonyl (C=O) groups excluding carboxylic acids is 1. The molecule has 0 aromatic rings. The van der Waals surface area contributed by atoms with E-state index in [-0.39, 0.29) is 11.9 Å². The van der Waals surface area contributed by atoms with Crippen molar-refractivity contribution in [2.45, 2.75) is 30.6 Å². The fourth-order valence-electron chi connectivity index (χ4n) is 4.12. The molecule has 0 radical (unpaired) electrons. The molecule has 0 aromatic heterocycles. The third-order valence-corrected chi connectivity index (χ3v) is 4.95. The summed E-state index contributed by atoms with van der Waals surface area (Å²) in [5.74, 6) is -2.52. The molecule has 5 unspecified atom stereocenters. The zero-order chi connectivity index (χ0) is 15.9. The monoisotopic (exact) mass is 307 g/mol. The Hall–Kier alpha value is -1.66. The van der Waals surface area contributed by atoms with Gasteiger partial charge in [0.2, 0.25) is 5.91 Å². The number of amides is 1. The van der Waals surface area contributed by atoms with Crippen LogP contribution < -0.4 is 0 Å². The van der Waals surface area contributed by atoms with Gasteiger partial charge in [-0.05, 0) is 12.8 Å². The highest BCUT2D eigenvalue weighted by Gasteiger charge is 2.70. The van der Waals surface area contributed by atoms with Gasteiger partial charge in [0.25, 0.3) is 0 Å². The molecule has 0 aliphatic carbocycles. The summed E-state index contributed by atoms with van der Waals surface area (Å²) < 4.78 is 11.0. The lowest BCUT2D eigenvalue weighted by molar-refractivity contribution is -0.148. The Labute approximate surface area is 129 Å². The van der Waals surface area contributed by atoms with Crippen LogP contribution in [0.1, 0.15) is 12.8 Å². The average Bonchev–Trinajstić information content (AvgIpc) is 3.11. The van der Waals surface area contributed by atoms with Crippen molar-refractivity contribution < 1.29 is 24.2 Å². The molecule has 1 amide bonds. The minimum absolute atomic E-state index is 0.123. The molecule has 1 N–H and O–H groups in total. The van der Waals surface area contributed by atoms with Crippen LogP contribution in [0.25, 0.3) is 0 Å². The Morgan fingerprint density at radius 1 is 1.64 bits per heavy atom. The highest BCUT2D eigenvalue weighted by molar-refractivity contribution is 5.91. The zero-order valence-corrected chi connectivity index (χ0v) is 12.6. The highest BCUT2D eigenvalue weighted by Crippen LogP contribution is 2.55. The van der Waals surface area contributed by atoms with Crippen LogP contribution in [0, 0.1) is 11.8 Å². The number of fused-ring (bicyclic) bond motifs is 1. The van der Waals surface area contributed by atoms with Gasteiger partial charge in [0.05, 0.1) is 18.1 Å². The lowest BCUT2D eigenvalue weighted by Crippen LogP contribution is -2.45. The molecule has 3 heterocycles. The summed E-state index contributed by atoms with van der Waals surface area (Å²) in [6.45, 7) is 4.87. The molecule has 2 saturated heterocycles. The molecule has 3 aliphatic rings. The van der Waals surface area contributed by atoms with Crippen LogP contribution in [-0.4, -0.2) is 59.9 Å². The van der Waals surface area contributed by atoms with Crippen molar-refractivity contribution in [1.82, 2.24) is 4.90 Å². The number of carbonyl (C=O) groups is 2. The molecule has 5 atom stereocenters. The van der Waals surface area contributed by atoms with E-state index in [2.05, 4.69) is 6.58 Å². The number of hydrogen-bond donors (Lipinski definition) is 1. The van der Waals surface area contributed by atoms with Gasteiger partial charge >= 0.3 is 5.97 Å². The Bertz CT molecular complexity index is 531. The molecule has 2 bridgehead atoms. The van der Waals surface area contributed by atoms with E-state index in [1.54, 1.807) is 24.2 Å². The SMILES string of the molecule is C=CCC1N(CCCOC)C(=O)C2C(C(=O)O)C3C=CC21O3. The molecular weight excluding hydrogens is 286 g/mol. The Morgan fingerprint density at radius 3 is 3.05 bits per heavy atom. The van der Waals surface area contributed by atoms with Crippen molar-refractivity contribution in [1.29, 1.82) is 0 Å². The molecule has 3 rings (SSSR count). The van der Waals surface area contributed by atoms with E-state index in [1.165, 1.54) is 0 Å². The summed E-state index contributed by atoms with van der Waals surface area (Å²) in [4.78, 5) is 26.2. The van der Waals surface area contributed by atoms with E-state index in [0.717, 1.165) is 0 Å². The molecule has 22 heavy (non-hydrogen) atoms. The first kappa shape index (κ1) is 15.2. The van der Waals surface area contributed by atoms with Gasteiger partial charge in [-0.1, -0.05) is 18.2 Å². The van der Waals surface area contributed by atoms with Crippen molar-refractivity contribution in [3.63, 3.8) is 0 Å². The predicted molar refractivity (Wildman–Crippen MR) is 78.2 cm³/mol. The van der Waals surface area contributed by atoms with Crippen LogP contribution in [-0.2, 0) is 19.1 Å². The van der Waals surface area contributed by atoms with Crippen LogP contribution >= 0.6 is 0 Å². The minimum Gasteiger partial charge on any atom is -0.481 e. The summed E-state index contributed by atoms with van der Waals surface area (Å²) >= 11 is 0. The lowest BCUT2D eigenvalue weighted by Gasteiger charge is -2.32. The van der Waals surface area contributed by atoms with E-state index >= 15 is 0 Å². The maximum absolute atomic E-state index is 12.8. The number of likely N-dealkylation sites (tertiary alicyclic amines) is 1. The van der Waals surface area contributed by atoms with Crippen molar-refractivity contribution in [3.05, 3.63) is 24.8 Å². The summed E-state index contributed by atoms with van der Waals surface area (Å²) in [6.07, 6.45) is 6.24. The second kappa shape index (κ2) is 5.52. The van der Waals surface area contributed by atoms with E-state index < -0.39 is 29.5 Å². The number of hydrogen-bond acceptors (Lipinski definition) is 4. The minimum atomic E-state index is -0.967. The van der Waals surface area contributed by atoms with Gasteiger partial charge < -0.3 is 19.5 Å². The van der Waals surface area contributed by atoms with Crippen molar-refractivity contribution >= 4 is 11.9 Å². The smallest absolute Gasteiger partial charge is 0.310 e. The van der Waals surface area contributed by atoms with Gasteiger partial charge in [-0.25, -0.2) is 0 Å². The van der Waals surface area contributed by atoms with Gasteiger partial charge in [-0.2, -0.15) is 0 Å². The Morgan fingerprint density at radius 2 is 2.41 bits per heavy atom. The topological polar surface area (TPSA) is 76.1 Å². The van der Waals surface area contributed by atoms with Crippen LogP contribution in [0.3, 0.4) is 0 Å². The van der Waals surface area contributed by atoms with E-state index in [4.69, 9.17) is 9.47 Å². The molecule has 0 saturated carbocycles. The van der Waals surface area contributed by atoms with E-state index in [0.29, 0.717) is 26.0 Å². The third kappa shape index (κ3) is 1.94. The number of carboxylic acid groups (broad SMARTS) is 1. The molecule has 0 aromatic carbocycles. The predicted octanol–water partition coefficient (Wildman–Crippen LogP) is 0.834. The van der Waals surface area contributed by atoms with E-state index in [1.807, 2.05) is 6.08 Å². The summed E-state index contributed by atoms with van der Waals surface area (Å²) in [6, 6.07) is -0.190. The average molecular weight is 307 g/mol.